The molecule has 0 saturated heterocycles. The Morgan fingerprint density at radius 3 is 2.48 bits per heavy atom. The van der Waals surface area contributed by atoms with Crippen LogP contribution in [0.15, 0.2) is 48.1 Å². The number of nitrogens with zero attached hydrogens (tertiary/aromatic N) is 2. The lowest BCUT2D eigenvalue weighted by Gasteiger charge is -2.13. The smallest absolute Gasteiger partial charge is 0.271 e. The van der Waals surface area contributed by atoms with Crippen molar-refractivity contribution in [1.82, 2.24) is 15.3 Å². The Hall–Kier alpha value is -3.13. The van der Waals surface area contributed by atoms with Crippen LogP contribution in [0.25, 0.3) is 0 Å². The van der Waals surface area contributed by atoms with Gasteiger partial charge in [0.15, 0.2) is 11.5 Å². The van der Waals surface area contributed by atoms with Gasteiger partial charge < -0.3 is 19.5 Å². The zero-order chi connectivity index (χ0) is 19.1. The Labute approximate surface area is 161 Å². The molecule has 3 rings (SSSR count). The van der Waals surface area contributed by atoms with Crippen molar-refractivity contribution in [3.63, 3.8) is 0 Å². The maximum absolute atomic E-state index is 12.2. The molecule has 0 spiro atoms. The summed E-state index contributed by atoms with van der Waals surface area (Å²) in [4.78, 5) is 20.5. The van der Waals surface area contributed by atoms with Gasteiger partial charge in [-0.15, -0.1) is 11.3 Å². The first-order chi connectivity index (χ1) is 13.2. The summed E-state index contributed by atoms with van der Waals surface area (Å²) in [6, 6.07) is 9.09. The molecule has 1 aromatic carbocycles. The van der Waals surface area contributed by atoms with Crippen LogP contribution in [0.1, 0.15) is 21.1 Å². The third-order valence-electron chi connectivity index (χ3n) is 3.71. The standard InChI is InChI=1S/C19H19N3O4S/c1-24-15-4-3-5-16(25-2)18(15)26-11-17-22-14(12-27-17)19(23)21-10-13-6-8-20-9-7-13/h3-9,12H,10-11H2,1-2H3,(H,21,23). The summed E-state index contributed by atoms with van der Waals surface area (Å²) >= 11 is 1.36. The molecule has 8 heteroatoms. The fraction of sp³-hybridized carbons (Fsp3) is 0.211. The molecule has 0 saturated carbocycles. The highest BCUT2D eigenvalue weighted by Crippen LogP contribution is 2.37. The molecular weight excluding hydrogens is 366 g/mol. The van der Waals surface area contributed by atoms with E-state index in [0.717, 1.165) is 5.56 Å². The number of rotatable bonds is 8. The lowest BCUT2D eigenvalue weighted by Crippen LogP contribution is -2.23. The van der Waals surface area contributed by atoms with Gasteiger partial charge in [0.2, 0.25) is 5.75 Å². The Morgan fingerprint density at radius 2 is 1.81 bits per heavy atom. The number of amides is 1. The highest BCUT2D eigenvalue weighted by molar-refractivity contribution is 7.09. The second-order valence-corrected chi connectivity index (χ2v) is 6.39. The molecule has 2 aromatic heterocycles. The van der Waals surface area contributed by atoms with Gasteiger partial charge in [0.1, 0.15) is 17.3 Å². The van der Waals surface area contributed by atoms with E-state index in [2.05, 4.69) is 15.3 Å². The summed E-state index contributed by atoms with van der Waals surface area (Å²) in [6.45, 7) is 0.627. The van der Waals surface area contributed by atoms with Crippen molar-refractivity contribution in [1.29, 1.82) is 0 Å². The molecule has 0 aliphatic rings. The molecule has 0 fully saturated rings. The van der Waals surface area contributed by atoms with Crippen molar-refractivity contribution < 1.29 is 19.0 Å². The molecule has 1 amide bonds. The van der Waals surface area contributed by atoms with Crippen LogP contribution in [-0.2, 0) is 13.2 Å². The monoisotopic (exact) mass is 385 g/mol. The lowest BCUT2D eigenvalue weighted by atomic mass is 10.2. The van der Waals surface area contributed by atoms with E-state index in [1.54, 1.807) is 44.1 Å². The molecule has 0 unspecified atom stereocenters. The molecule has 0 atom stereocenters. The first kappa shape index (κ1) is 18.7. The van der Waals surface area contributed by atoms with E-state index in [1.165, 1.54) is 11.3 Å². The van der Waals surface area contributed by atoms with Gasteiger partial charge in [-0.3, -0.25) is 9.78 Å². The molecule has 0 aliphatic carbocycles. The van der Waals surface area contributed by atoms with Crippen molar-refractivity contribution in [3.05, 3.63) is 64.4 Å². The maximum Gasteiger partial charge on any atom is 0.271 e. The fourth-order valence-electron chi connectivity index (χ4n) is 2.35. The lowest BCUT2D eigenvalue weighted by molar-refractivity contribution is 0.0946. The molecule has 27 heavy (non-hydrogen) atoms. The largest absolute Gasteiger partial charge is 0.493 e. The van der Waals surface area contributed by atoms with Gasteiger partial charge in [0.25, 0.3) is 5.91 Å². The van der Waals surface area contributed by atoms with Crippen molar-refractivity contribution >= 4 is 17.2 Å². The van der Waals surface area contributed by atoms with E-state index in [9.17, 15) is 4.79 Å². The van der Waals surface area contributed by atoms with Gasteiger partial charge in [-0.05, 0) is 29.8 Å². The van der Waals surface area contributed by atoms with Crippen LogP contribution in [0.4, 0.5) is 0 Å². The van der Waals surface area contributed by atoms with E-state index >= 15 is 0 Å². The number of hydrogen-bond acceptors (Lipinski definition) is 7. The second kappa shape index (κ2) is 9.00. The minimum atomic E-state index is -0.232. The fourth-order valence-corrected chi connectivity index (χ4v) is 3.03. The zero-order valence-corrected chi connectivity index (χ0v) is 15.8. The number of carbonyl (C=O) groups is 1. The third-order valence-corrected chi connectivity index (χ3v) is 4.53. The average Bonchev–Trinajstić information content (AvgIpc) is 3.20. The third kappa shape index (κ3) is 4.73. The van der Waals surface area contributed by atoms with E-state index < -0.39 is 0 Å². The number of para-hydroxylation sites is 1. The van der Waals surface area contributed by atoms with Gasteiger partial charge in [0.05, 0.1) is 14.2 Å². The highest BCUT2D eigenvalue weighted by atomic mass is 32.1. The Bertz CT molecular complexity index is 877. The maximum atomic E-state index is 12.2. The van der Waals surface area contributed by atoms with Gasteiger partial charge in [-0.25, -0.2) is 4.98 Å². The van der Waals surface area contributed by atoms with Crippen LogP contribution in [0, 0.1) is 0 Å². The number of aromatic nitrogens is 2. The minimum absolute atomic E-state index is 0.207. The molecule has 1 N–H and O–H groups in total. The quantitative estimate of drug-likeness (QED) is 0.642. The number of thiazole rings is 1. The molecular formula is C19H19N3O4S. The summed E-state index contributed by atoms with van der Waals surface area (Å²) < 4.78 is 16.4. The minimum Gasteiger partial charge on any atom is -0.493 e. The number of benzene rings is 1. The summed E-state index contributed by atoms with van der Waals surface area (Å²) in [5.41, 5.74) is 1.33. The summed E-state index contributed by atoms with van der Waals surface area (Å²) in [6.07, 6.45) is 3.37. The van der Waals surface area contributed by atoms with Gasteiger partial charge in [-0.2, -0.15) is 0 Å². The summed E-state index contributed by atoms with van der Waals surface area (Å²) in [5.74, 6) is 1.41. The summed E-state index contributed by atoms with van der Waals surface area (Å²) in [7, 11) is 3.13. The number of pyridine rings is 1. The molecule has 2 heterocycles. The first-order valence-corrected chi connectivity index (χ1v) is 9.04. The van der Waals surface area contributed by atoms with Crippen LogP contribution < -0.4 is 19.5 Å². The zero-order valence-electron chi connectivity index (χ0n) is 15.0. The number of nitrogens with one attached hydrogen (secondary N) is 1. The number of carbonyl (C=O) groups excluding carboxylic acids is 1. The molecule has 7 nitrogen and oxygen atoms in total. The van der Waals surface area contributed by atoms with Crippen LogP contribution in [0.3, 0.4) is 0 Å². The molecule has 0 bridgehead atoms. The van der Waals surface area contributed by atoms with E-state index in [1.807, 2.05) is 18.2 Å². The normalized spacial score (nSPS) is 10.3. The van der Waals surface area contributed by atoms with Crippen molar-refractivity contribution in [2.75, 3.05) is 14.2 Å². The topological polar surface area (TPSA) is 82.6 Å². The first-order valence-electron chi connectivity index (χ1n) is 8.16. The molecule has 0 aliphatic heterocycles. The Kier molecular flexibility index (Phi) is 6.22. The van der Waals surface area contributed by atoms with Gasteiger partial charge in [-0.1, -0.05) is 6.07 Å². The average molecular weight is 385 g/mol. The molecule has 0 radical (unpaired) electrons. The number of methoxy groups -OCH3 is 2. The second-order valence-electron chi connectivity index (χ2n) is 5.44. The molecule has 3 aromatic rings. The SMILES string of the molecule is COc1cccc(OC)c1OCc1nc(C(=O)NCc2ccncc2)cs1. The summed E-state index contributed by atoms with van der Waals surface area (Å²) in [5, 5.41) is 5.22. The van der Waals surface area contributed by atoms with Crippen molar-refractivity contribution in [2.45, 2.75) is 13.2 Å². The number of ether oxygens (including phenoxy) is 3. The highest BCUT2D eigenvalue weighted by Gasteiger charge is 2.14. The van der Waals surface area contributed by atoms with E-state index in [-0.39, 0.29) is 12.5 Å². The van der Waals surface area contributed by atoms with Crippen molar-refractivity contribution in [2.24, 2.45) is 0 Å². The van der Waals surface area contributed by atoms with Crippen molar-refractivity contribution in [3.8, 4) is 17.2 Å². The number of hydrogen-bond donors (Lipinski definition) is 1. The van der Waals surface area contributed by atoms with E-state index in [0.29, 0.717) is 34.5 Å². The predicted molar refractivity (Wildman–Crippen MR) is 101 cm³/mol. The predicted octanol–water partition coefficient (Wildman–Crippen LogP) is 3.06. The van der Waals surface area contributed by atoms with E-state index in [4.69, 9.17) is 14.2 Å². The van der Waals surface area contributed by atoms with Gasteiger partial charge in [0, 0.05) is 24.3 Å². The van der Waals surface area contributed by atoms with Crippen LogP contribution in [-0.4, -0.2) is 30.1 Å². The van der Waals surface area contributed by atoms with Crippen LogP contribution in [0.2, 0.25) is 0 Å². The molecule has 140 valence electrons. The van der Waals surface area contributed by atoms with Crippen LogP contribution >= 0.6 is 11.3 Å². The van der Waals surface area contributed by atoms with Crippen LogP contribution in [0.5, 0.6) is 17.2 Å². The van der Waals surface area contributed by atoms with Gasteiger partial charge >= 0.3 is 0 Å². The Balaban J connectivity index is 1.61. The Morgan fingerprint density at radius 1 is 1.11 bits per heavy atom.